The molecule has 0 spiro atoms. The van der Waals surface area contributed by atoms with Crippen molar-refractivity contribution in [3.63, 3.8) is 0 Å². The van der Waals surface area contributed by atoms with Crippen LogP contribution in [0.1, 0.15) is 6.92 Å². The van der Waals surface area contributed by atoms with Gasteiger partial charge in [0.2, 0.25) is 0 Å². The number of hydrogen-bond donors (Lipinski definition) is 2. The number of hydrogen-bond acceptors (Lipinski definition) is 4. The molecule has 3 N–H and O–H groups in total. The van der Waals surface area contributed by atoms with Crippen LogP contribution in [0, 0.1) is 0 Å². The Hall–Kier alpha value is -0.160. The molecule has 0 aromatic rings. The molecule has 0 aliphatic carbocycles. The van der Waals surface area contributed by atoms with Crippen LogP contribution in [0.3, 0.4) is 0 Å². The summed E-state index contributed by atoms with van der Waals surface area (Å²) in [6, 6.07) is 0. The summed E-state index contributed by atoms with van der Waals surface area (Å²) in [6.45, 7) is 1.91. The van der Waals surface area contributed by atoms with Crippen molar-refractivity contribution in [2.45, 2.75) is 12.7 Å². The molecule has 0 rings (SSSR count). The van der Waals surface area contributed by atoms with Gasteiger partial charge in [-0.15, -0.1) is 0 Å². The molecule has 0 bridgehead atoms. The van der Waals surface area contributed by atoms with E-state index in [1.54, 1.807) is 0 Å². The average Bonchev–Trinajstić information content (AvgIpc) is 1.86. The molecule has 0 fully saturated rings. The Morgan fingerprint density at radius 1 is 1.30 bits per heavy atom. The first-order valence-electron chi connectivity index (χ1n) is 3.30. The predicted molar refractivity (Wildman–Crippen MR) is 43.1 cm³/mol. The van der Waals surface area contributed by atoms with Crippen LogP contribution in [0.2, 0.25) is 0 Å². The van der Waals surface area contributed by atoms with E-state index >= 15 is 0 Å². The summed E-state index contributed by atoms with van der Waals surface area (Å²) in [5, 5.41) is 6.82. The van der Waals surface area contributed by atoms with Crippen LogP contribution >= 0.6 is 0 Å². The minimum Gasteiger partial charge on any atom is -0.300 e. The fourth-order valence-corrected chi connectivity index (χ4v) is 0.577. The van der Waals surface area contributed by atoms with Gasteiger partial charge in [-0.1, -0.05) is 0 Å². The summed E-state index contributed by atoms with van der Waals surface area (Å²) in [4.78, 5) is 0. The van der Waals surface area contributed by atoms with Gasteiger partial charge >= 0.3 is 0 Å². The van der Waals surface area contributed by atoms with Crippen molar-refractivity contribution in [1.29, 1.82) is 0 Å². The maximum Gasteiger partial charge on any atom is 0.132 e. The van der Waals surface area contributed by atoms with Gasteiger partial charge < -0.3 is 0 Å². The Morgan fingerprint density at radius 2 is 1.70 bits per heavy atom. The standard InChI is InChI=1S/C6H18N4/c1-6(7,8-2)10(5)9(3)4/h8H,7H2,1-5H3. The third-order valence-electron chi connectivity index (χ3n) is 1.78. The Morgan fingerprint density at radius 3 is 1.80 bits per heavy atom. The first kappa shape index (κ1) is 9.84. The monoisotopic (exact) mass is 146 g/mol. The molecule has 0 amide bonds. The minimum atomic E-state index is -0.469. The van der Waals surface area contributed by atoms with E-state index < -0.39 is 5.79 Å². The molecule has 4 nitrogen and oxygen atoms in total. The van der Waals surface area contributed by atoms with Crippen molar-refractivity contribution in [3.05, 3.63) is 0 Å². The SMILES string of the molecule is CNC(C)(N)N(C)N(C)C. The molecule has 0 saturated heterocycles. The second kappa shape index (κ2) is 3.30. The Labute approximate surface area is 62.9 Å². The molecule has 62 valence electrons. The molecule has 0 aromatic carbocycles. The molecule has 1 atom stereocenters. The van der Waals surface area contributed by atoms with Crippen LogP contribution in [0.5, 0.6) is 0 Å². The van der Waals surface area contributed by atoms with Gasteiger partial charge in [0.1, 0.15) is 5.79 Å². The second-order valence-electron chi connectivity index (χ2n) is 2.77. The van der Waals surface area contributed by atoms with E-state index in [1.807, 2.05) is 45.1 Å². The largest absolute Gasteiger partial charge is 0.300 e. The average molecular weight is 146 g/mol. The zero-order valence-electron chi connectivity index (χ0n) is 7.47. The Kier molecular flexibility index (Phi) is 3.24. The third-order valence-corrected chi connectivity index (χ3v) is 1.78. The van der Waals surface area contributed by atoms with E-state index in [4.69, 9.17) is 5.73 Å². The smallest absolute Gasteiger partial charge is 0.132 e. The van der Waals surface area contributed by atoms with Crippen molar-refractivity contribution in [3.8, 4) is 0 Å². The normalized spacial score (nSPS) is 18.0. The lowest BCUT2D eigenvalue weighted by atomic mass is 10.4. The van der Waals surface area contributed by atoms with E-state index in [9.17, 15) is 0 Å². The number of nitrogens with zero attached hydrogens (tertiary/aromatic N) is 2. The molecule has 0 radical (unpaired) electrons. The van der Waals surface area contributed by atoms with E-state index in [0.717, 1.165) is 0 Å². The van der Waals surface area contributed by atoms with Crippen molar-refractivity contribution in [2.75, 3.05) is 28.2 Å². The summed E-state index contributed by atoms with van der Waals surface area (Å²) < 4.78 is 0. The van der Waals surface area contributed by atoms with Gasteiger partial charge in [-0.2, -0.15) is 0 Å². The highest BCUT2D eigenvalue weighted by molar-refractivity contribution is 4.68. The zero-order valence-corrected chi connectivity index (χ0v) is 7.47. The first-order chi connectivity index (χ1) is 4.41. The number of nitrogens with two attached hydrogens (primary N) is 1. The molecule has 4 heteroatoms. The van der Waals surface area contributed by atoms with E-state index in [1.165, 1.54) is 0 Å². The quantitative estimate of drug-likeness (QED) is 0.406. The molecule has 0 aliphatic rings. The van der Waals surface area contributed by atoms with Crippen LogP contribution < -0.4 is 11.1 Å². The number of rotatable bonds is 3. The van der Waals surface area contributed by atoms with Crippen LogP contribution in [0.4, 0.5) is 0 Å². The molecule has 1 unspecified atom stereocenters. The maximum atomic E-state index is 5.83. The Bertz CT molecular complexity index is 99.9. The highest BCUT2D eigenvalue weighted by atomic mass is 15.7. The van der Waals surface area contributed by atoms with Gasteiger partial charge in [0, 0.05) is 21.1 Å². The molecular weight excluding hydrogens is 128 g/mol. The molecule has 0 aromatic heterocycles. The van der Waals surface area contributed by atoms with Crippen molar-refractivity contribution in [2.24, 2.45) is 5.73 Å². The summed E-state index contributed by atoms with van der Waals surface area (Å²) in [5.41, 5.74) is 5.83. The van der Waals surface area contributed by atoms with Crippen molar-refractivity contribution < 1.29 is 0 Å². The summed E-state index contributed by atoms with van der Waals surface area (Å²) in [6.07, 6.45) is 0. The minimum absolute atomic E-state index is 0.469. The van der Waals surface area contributed by atoms with Crippen molar-refractivity contribution >= 4 is 0 Å². The predicted octanol–water partition coefficient (Wildman–Crippen LogP) is -0.753. The number of nitrogens with one attached hydrogen (secondary N) is 1. The van der Waals surface area contributed by atoms with Crippen molar-refractivity contribution in [1.82, 2.24) is 15.3 Å². The Balaban J connectivity index is 4.03. The maximum absolute atomic E-state index is 5.83. The van der Waals surface area contributed by atoms with Gasteiger partial charge in [-0.05, 0) is 14.0 Å². The highest BCUT2D eigenvalue weighted by Gasteiger charge is 2.22. The van der Waals surface area contributed by atoms with E-state index in [-0.39, 0.29) is 0 Å². The molecule has 10 heavy (non-hydrogen) atoms. The molecule has 0 aliphatic heterocycles. The van der Waals surface area contributed by atoms with Crippen LogP contribution in [-0.2, 0) is 0 Å². The van der Waals surface area contributed by atoms with Crippen LogP contribution in [0.15, 0.2) is 0 Å². The van der Waals surface area contributed by atoms with Crippen LogP contribution in [0.25, 0.3) is 0 Å². The highest BCUT2D eigenvalue weighted by Crippen LogP contribution is 2.00. The van der Waals surface area contributed by atoms with Gasteiger partial charge in [0.25, 0.3) is 0 Å². The van der Waals surface area contributed by atoms with E-state index in [2.05, 4.69) is 5.32 Å². The van der Waals surface area contributed by atoms with Gasteiger partial charge in [-0.3, -0.25) is 11.1 Å². The van der Waals surface area contributed by atoms with Crippen LogP contribution in [-0.4, -0.2) is 44.0 Å². The summed E-state index contributed by atoms with van der Waals surface area (Å²) in [5.74, 6) is -0.469. The zero-order chi connectivity index (χ0) is 8.36. The lowest BCUT2D eigenvalue weighted by Gasteiger charge is -2.38. The molecule has 0 heterocycles. The third kappa shape index (κ3) is 2.22. The second-order valence-corrected chi connectivity index (χ2v) is 2.77. The molecular formula is C6H18N4. The van der Waals surface area contributed by atoms with Gasteiger partial charge in [-0.25, -0.2) is 10.0 Å². The number of hydrazine groups is 1. The van der Waals surface area contributed by atoms with Gasteiger partial charge in [0.15, 0.2) is 0 Å². The van der Waals surface area contributed by atoms with Gasteiger partial charge in [0.05, 0.1) is 0 Å². The lowest BCUT2D eigenvalue weighted by molar-refractivity contribution is -0.0565. The lowest BCUT2D eigenvalue weighted by Crippen LogP contribution is -2.64. The van der Waals surface area contributed by atoms with E-state index in [0.29, 0.717) is 0 Å². The summed E-state index contributed by atoms with van der Waals surface area (Å²) in [7, 11) is 7.65. The topological polar surface area (TPSA) is 44.5 Å². The fraction of sp³-hybridized carbons (Fsp3) is 1.00. The summed E-state index contributed by atoms with van der Waals surface area (Å²) >= 11 is 0. The fourth-order valence-electron chi connectivity index (χ4n) is 0.577. The first-order valence-corrected chi connectivity index (χ1v) is 3.30. The molecule has 0 saturated carbocycles.